The predicted molar refractivity (Wildman–Crippen MR) is 74.3 cm³/mol. The molecule has 1 rings (SSSR count). The lowest BCUT2D eigenvalue weighted by Gasteiger charge is -2.25. The molecule has 1 aromatic rings. The molecule has 0 bridgehead atoms. The monoisotopic (exact) mass is 287 g/mol. The number of carboxylic acids is 1. The van der Waals surface area contributed by atoms with Crippen LogP contribution in [0.3, 0.4) is 0 Å². The molecule has 2 N–H and O–H groups in total. The Morgan fingerprint density at radius 1 is 1.42 bits per heavy atom. The molecular formula is C13H21NO4S. The summed E-state index contributed by atoms with van der Waals surface area (Å²) in [5.74, 6) is -0.673. The van der Waals surface area contributed by atoms with Crippen molar-refractivity contribution in [1.29, 1.82) is 0 Å². The van der Waals surface area contributed by atoms with Gasteiger partial charge in [0.05, 0.1) is 28.0 Å². The number of hydrogen-bond donors (Lipinski definition) is 2. The lowest BCUT2D eigenvalue weighted by Crippen LogP contribution is -2.37. The highest BCUT2D eigenvalue weighted by molar-refractivity contribution is 7.84. The van der Waals surface area contributed by atoms with Gasteiger partial charge in [-0.1, -0.05) is 13.8 Å². The van der Waals surface area contributed by atoms with Crippen molar-refractivity contribution in [3.8, 4) is 0 Å². The highest BCUT2D eigenvalue weighted by Gasteiger charge is 2.30. The van der Waals surface area contributed by atoms with Crippen LogP contribution in [0.2, 0.25) is 0 Å². The first-order valence-corrected chi connectivity index (χ1v) is 7.28. The van der Waals surface area contributed by atoms with E-state index >= 15 is 0 Å². The Balaban J connectivity index is 3.05. The van der Waals surface area contributed by atoms with Crippen molar-refractivity contribution in [2.75, 3.05) is 0 Å². The molecule has 1 heterocycles. The summed E-state index contributed by atoms with van der Waals surface area (Å²) in [4.78, 5) is 11.1. The minimum atomic E-state index is -1.30. The molecule has 2 unspecified atom stereocenters. The lowest BCUT2D eigenvalue weighted by molar-refractivity contribution is 0.0693. The van der Waals surface area contributed by atoms with Gasteiger partial charge in [0.15, 0.2) is 0 Å². The van der Waals surface area contributed by atoms with Crippen molar-refractivity contribution in [3.05, 3.63) is 23.7 Å². The quantitative estimate of drug-likeness (QED) is 0.872. The number of aromatic carboxylic acids is 1. The first kappa shape index (κ1) is 15.9. The van der Waals surface area contributed by atoms with E-state index in [0.717, 1.165) is 0 Å². The number of carboxylic acid groups (broad SMARTS) is 1. The van der Waals surface area contributed by atoms with Gasteiger partial charge in [-0.2, -0.15) is 0 Å². The smallest absolute Gasteiger partial charge is 0.339 e. The predicted octanol–water partition coefficient (Wildman–Crippen LogP) is 2.73. The van der Waals surface area contributed by atoms with Gasteiger partial charge in [0.2, 0.25) is 0 Å². The van der Waals surface area contributed by atoms with Gasteiger partial charge in [0.25, 0.3) is 0 Å². The molecule has 0 saturated heterocycles. The second-order valence-electron chi connectivity index (χ2n) is 5.72. The summed E-state index contributed by atoms with van der Waals surface area (Å²) in [7, 11) is -1.30. The van der Waals surface area contributed by atoms with E-state index < -0.39 is 27.7 Å². The average molecular weight is 287 g/mol. The Bertz CT molecular complexity index is 473. The maximum Gasteiger partial charge on any atom is 0.339 e. The van der Waals surface area contributed by atoms with Gasteiger partial charge in [-0.05, 0) is 32.8 Å². The van der Waals surface area contributed by atoms with Crippen molar-refractivity contribution in [3.63, 3.8) is 0 Å². The molecule has 0 aliphatic heterocycles. The minimum absolute atomic E-state index is 0.0514. The molecule has 1 aromatic heterocycles. The highest BCUT2D eigenvalue weighted by Crippen LogP contribution is 2.27. The summed E-state index contributed by atoms with van der Waals surface area (Å²) in [6.45, 7) is 9.41. The summed E-state index contributed by atoms with van der Waals surface area (Å²) < 4.78 is 20.0. The topological polar surface area (TPSA) is 79.5 Å². The van der Waals surface area contributed by atoms with E-state index in [1.165, 1.54) is 12.3 Å². The van der Waals surface area contributed by atoms with E-state index in [9.17, 15) is 9.00 Å². The van der Waals surface area contributed by atoms with Crippen molar-refractivity contribution in [2.24, 2.45) is 5.92 Å². The third-order valence-corrected chi connectivity index (χ3v) is 4.25. The zero-order valence-electron chi connectivity index (χ0n) is 11.9. The largest absolute Gasteiger partial charge is 0.478 e. The molecule has 19 heavy (non-hydrogen) atoms. The molecule has 0 fully saturated rings. The van der Waals surface area contributed by atoms with E-state index in [-0.39, 0.29) is 11.5 Å². The Morgan fingerprint density at radius 3 is 2.42 bits per heavy atom. The van der Waals surface area contributed by atoms with E-state index in [1.807, 2.05) is 34.6 Å². The molecule has 0 aliphatic carbocycles. The second kappa shape index (κ2) is 5.88. The fraction of sp³-hybridized carbons (Fsp3) is 0.615. The molecule has 0 saturated carbocycles. The number of rotatable bonds is 5. The molecule has 0 spiro atoms. The van der Waals surface area contributed by atoms with Crippen LogP contribution < -0.4 is 4.72 Å². The zero-order valence-corrected chi connectivity index (χ0v) is 12.7. The molecule has 0 amide bonds. The fourth-order valence-electron chi connectivity index (χ4n) is 1.52. The van der Waals surface area contributed by atoms with Gasteiger partial charge >= 0.3 is 5.97 Å². The molecule has 108 valence electrons. The van der Waals surface area contributed by atoms with Crippen molar-refractivity contribution in [2.45, 2.75) is 45.4 Å². The molecule has 6 heteroatoms. The van der Waals surface area contributed by atoms with Crippen LogP contribution in [0, 0.1) is 5.92 Å². The summed E-state index contributed by atoms with van der Waals surface area (Å²) in [5, 5.41) is 9.12. The third-order valence-electron chi connectivity index (χ3n) is 2.66. The normalized spacial score (nSPS) is 15.5. The summed E-state index contributed by atoms with van der Waals surface area (Å²) in [5.41, 5.74) is 0.108. The highest BCUT2D eigenvalue weighted by atomic mass is 32.2. The average Bonchev–Trinajstić information content (AvgIpc) is 2.71. The van der Waals surface area contributed by atoms with Crippen LogP contribution in [0.1, 0.15) is 56.8 Å². The van der Waals surface area contributed by atoms with Gasteiger partial charge < -0.3 is 9.52 Å². The van der Waals surface area contributed by atoms with E-state index in [2.05, 4.69) is 4.72 Å². The van der Waals surface area contributed by atoms with Gasteiger partial charge in [0, 0.05) is 0 Å². The first-order valence-electron chi connectivity index (χ1n) is 6.13. The van der Waals surface area contributed by atoms with Crippen LogP contribution in [-0.2, 0) is 11.0 Å². The zero-order chi connectivity index (χ0) is 14.8. The number of carbonyl (C=O) groups is 1. The number of nitrogens with one attached hydrogen (secondary N) is 1. The van der Waals surface area contributed by atoms with Crippen LogP contribution in [0.4, 0.5) is 0 Å². The summed E-state index contributed by atoms with van der Waals surface area (Å²) >= 11 is 0. The third kappa shape index (κ3) is 3.91. The van der Waals surface area contributed by atoms with Gasteiger partial charge in [-0.15, -0.1) is 0 Å². The van der Waals surface area contributed by atoms with E-state index in [0.29, 0.717) is 5.76 Å². The molecule has 0 radical (unpaired) electrons. The Morgan fingerprint density at radius 2 is 2.00 bits per heavy atom. The standard InChI is InChI=1S/C13H21NO4S/c1-8(2)10(14-19(17)13(3,4)5)11-9(12(15)16)6-7-18-11/h6-8,10,14H,1-5H3,(H,15,16). The summed E-state index contributed by atoms with van der Waals surface area (Å²) in [6.07, 6.45) is 1.34. The Labute approximate surface area is 116 Å². The van der Waals surface area contributed by atoms with Crippen molar-refractivity contribution >= 4 is 17.0 Å². The first-order chi connectivity index (χ1) is 8.64. The van der Waals surface area contributed by atoms with Crippen molar-refractivity contribution < 1.29 is 18.5 Å². The van der Waals surface area contributed by atoms with Crippen LogP contribution in [0.15, 0.2) is 16.7 Å². The maximum atomic E-state index is 12.2. The maximum absolute atomic E-state index is 12.2. The van der Waals surface area contributed by atoms with Gasteiger partial charge in [0.1, 0.15) is 11.3 Å². The molecule has 0 aliphatic rings. The van der Waals surface area contributed by atoms with E-state index in [4.69, 9.17) is 9.52 Å². The molecule has 2 atom stereocenters. The minimum Gasteiger partial charge on any atom is -0.478 e. The number of hydrogen-bond acceptors (Lipinski definition) is 3. The van der Waals surface area contributed by atoms with Gasteiger partial charge in [-0.25, -0.2) is 13.7 Å². The summed E-state index contributed by atoms with van der Waals surface area (Å²) in [6, 6.07) is 1.01. The fourth-order valence-corrected chi connectivity index (χ4v) is 2.49. The Hall–Kier alpha value is -1.14. The second-order valence-corrected chi connectivity index (χ2v) is 7.72. The van der Waals surface area contributed by atoms with Gasteiger partial charge in [-0.3, -0.25) is 0 Å². The lowest BCUT2D eigenvalue weighted by atomic mass is 10.0. The van der Waals surface area contributed by atoms with Crippen LogP contribution in [0.5, 0.6) is 0 Å². The molecule has 0 aromatic carbocycles. The number of furan rings is 1. The van der Waals surface area contributed by atoms with Crippen LogP contribution in [0.25, 0.3) is 0 Å². The Kier molecular flexibility index (Phi) is 4.92. The molecule has 5 nitrogen and oxygen atoms in total. The molecular weight excluding hydrogens is 266 g/mol. The van der Waals surface area contributed by atoms with Crippen LogP contribution >= 0.6 is 0 Å². The van der Waals surface area contributed by atoms with Crippen molar-refractivity contribution in [1.82, 2.24) is 4.72 Å². The van der Waals surface area contributed by atoms with Crippen LogP contribution in [-0.4, -0.2) is 20.0 Å². The SMILES string of the molecule is CC(C)C(NS(=O)C(C)(C)C)c1occc1C(=O)O. The van der Waals surface area contributed by atoms with E-state index in [1.54, 1.807) is 0 Å².